The van der Waals surface area contributed by atoms with Crippen molar-refractivity contribution >= 4 is 11.6 Å². The average molecular weight is 260 g/mol. The molecular weight excluding hydrogens is 255 g/mol. The second kappa shape index (κ2) is 6.65. The van der Waals surface area contributed by atoms with E-state index in [-0.39, 0.29) is 42.7 Å². The summed E-state index contributed by atoms with van der Waals surface area (Å²) in [5.74, 6) is -0.515. The van der Waals surface area contributed by atoms with Crippen molar-refractivity contribution in [1.82, 2.24) is 0 Å². The fourth-order valence-corrected chi connectivity index (χ4v) is 0.844. The van der Waals surface area contributed by atoms with Crippen molar-refractivity contribution in [2.24, 2.45) is 0 Å². The predicted molar refractivity (Wildman–Crippen MR) is 36.8 cm³/mol. The zero-order valence-electron chi connectivity index (χ0n) is 6.40. The summed E-state index contributed by atoms with van der Waals surface area (Å²) in [4.78, 5) is 0. The van der Waals surface area contributed by atoms with E-state index in [0.717, 1.165) is 0 Å². The predicted octanol–water partition coefficient (Wildman–Crippen LogP) is -0.711. The number of halogens is 3. The van der Waals surface area contributed by atoms with Crippen LogP contribution in [0, 0.1) is 11.9 Å². The quantitative estimate of drug-likeness (QED) is 0.479. The van der Waals surface area contributed by atoms with Crippen LogP contribution in [0.4, 0.5) is 4.39 Å². The Labute approximate surface area is 94.4 Å². The Hall–Kier alpha value is 0.153. The van der Waals surface area contributed by atoms with Crippen molar-refractivity contribution in [3.8, 4) is 5.75 Å². The molecule has 0 spiro atoms. The Kier molecular flexibility index (Phi) is 8.12. The van der Waals surface area contributed by atoms with Gasteiger partial charge in [-0.25, -0.2) is 4.39 Å². The summed E-state index contributed by atoms with van der Waals surface area (Å²) >= 11 is 5.54. The standard InChI is InChI=1S/C7H5ClFO.ClH.Zn/c1-10-7-5(8)3-2-4-6(7)9;;/h2-3H,1H3;1H;/q-1;;+2/p-1. The van der Waals surface area contributed by atoms with Gasteiger partial charge in [0.25, 0.3) is 0 Å². The van der Waals surface area contributed by atoms with Crippen LogP contribution in [0.15, 0.2) is 12.1 Å². The molecule has 0 N–H and O–H groups in total. The molecular formula is C7H5Cl2FOZn. The van der Waals surface area contributed by atoms with Crippen LogP contribution in [0.25, 0.3) is 0 Å². The summed E-state index contributed by atoms with van der Waals surface area (Å²) in [6, 6.07) is 5.24. The van der Waals surface area contributed by atoms with E-state index in [2.05, 4.69) is 10.8 Å². The maximum Gasteiger partial charge on any atom is 2.00 e. The molecule has 0 amide bonds. The Morgan fingerprint density at radius 3 is 2.50 bits per heavy atom. The van der Waals surface area contributed by atoms with Gasteiger partial charge < -0.3 is 17.1 Å². The third kappa shape index (κ3) is 3.26. The first-order chi connectivity index (χ1) is 4.75. The minimum Gasteiger partial charge on any atom is -1.00 e. The topological polar surface area (TPSA) is 9.23 Å². The van der Waals surface area contributed by atoms with Gasteiger partial charge in [0.1, 0.15) is 0 Å². The van der Waals surface area contributed by atoms with Crippen molar-refractivity contribution in [2.45, 2.75) is 0 Å². The van der Waals surface area contributed by atoms with E-state index in [9.17, 15) is 4.39 Å². The average Bonchev–Trinajstić information content (AvgIpc) is 1.88. The molecule has 0 aliphatic heterocycles. The molecule has 0 radical (unpaired) electrons. The molecule has 0 heterocycles. The molecule has 0 fully saturated rings. The van der Waals surface area contributed by atoms with Crippen molar-refractivity contribution in [3.05, 3.63) is 29.0 Å². The molecule has 1 aromatic carbocycles. The van der Waals surface area contributed by atoms with E-state index in [0.29, 0.717) is 0 Å². The number of benzene rings is 1. The van der Waals surface area contributed by atoms with Crippen LogP contribution < -0.4 is 17.1 Å². The summed E-state index contributed by atoms with van der Waals surface area (Å²) in [6.07, 6.45) is 0. The molecule has 0 atom stereocenters. The third-order valence-corrected chi connectivity index (χ3v) is 1.36. The Morgan fingerprint density at radius 2 is 2.17 bits per heavy atom. The summed E-state index contributed by atoms with van der Waals surface area (Å²) in [6.45, 7) is 0. The molecule has 1 rings (SSSR count). The van der Waals surface area contributed by atoms with Gasteiger partial charge in [0.15, 0.2) is 0 Å². The van der Waals surface area contributed by atoms with E-state index in [1.165, 1.54) is 19.2 Å². The summed E-state index contributed by atoms with van der Waals surface area (Å²) < 4.78 is 17.2. The van der Waals surface area contributed by atoms with Crippen LogP contribution in [0.2, 0.25) is 5.02 Å². The van der Waals surface area contributed by atoms with Crippen LogP contribution in [-0.4, -0.2) is 7.11 Å². The van der Waals surface area contributed by atoms with Crippen molar-refractivity contribution in [3.63, 3.8) is 0 Å². The van der Waals surface area contributed by atoms with E-state index in [1.54, 1.807) is 0 Å². The molecule has 0 bridgehead atoms. The maximum absolute atomic E-state index is 12.6. The van der Waals surface area contributed by atoms with Crippen LogP contribution in [0.3, 0.4) is 0 Å². The Bertz CT molecular complexity index is 225. The molecule has 1 aromatic rings. The SMILES string of the molecule is COc1c(F)[c-]ccc1Cl.[Cl-].[Zn+2]. The van der Waals surface area contributed by atoms with Gasteiger partial charge in [0, 0.05) is 0 Å². The van der Waals surface area contributed by atoms with Crippen LogP contribution in [0.5, 0.6) is 5.75 Å². The van der Waals surface area contributed by atoms with Gasteiger partial charge in [0.05, 0.1) is 18.7 Å². The van der Waals surface area contributed by atoms with Crippen molar-refractivity contribution in [1.29, 1.82) is 0 Å². The molecule has 0 aliphatic carbocycles. The van der Waals surface area contributed by atoms with Crippen molar-refractivity contribution in [2.75, 3.05) is 7.11 Å². The zero-order chi connectivity index (χ0) is 7.56. The summed E-state index contributed by atoms with van der Waals surface area (Å²) in [7, 11) is 1.36. The van der Waals surface area contributed by atoms with Crippen LogP contribution in [0.1, 0.15) is 0 Å². The molecule has 5 heteroatoms. The Balaban J connectivity index is 0. The smallest absolute Gasteiger partial charge is 1.00 e. The number of rotatable bonds is 1. The first-order valence-electron chi connectivity index (χ1n) is 2.65. The maximum atomic E-state index is 12.6. The molecule has 62 valence electrons. The fourth-order valence-electron chi connectivity index (χ4n) is 0.621. The minimum atomic E-state index is -0.560. The monoisotopic (exact) mass is 258 g/mol. The molecule has 0 saturated heterocycles. The Morgan fingerprint density at radius 1 is 1.58 bits per heavy atom. The van der Waals surface area contributed by atoms with E-state index < -0.39 is 5.82 Å². The minimum absolute atomic E-state index is 0. The summed E-state index contributed by atoms with van der Waals surface area (Å²) in [5, 5.41) is 0.263. The van der Waals surface area contributed by atoms with Gasteiger partial charge in [0.2, 0.25) is 0 Å². The van der Waals surface area contributed by atoms with E-state index in [1.807, 2.05) is 0 Å². The molecule has 0 aliphatic rings. The third-order valence-electron chi connectivity index (χ3n) is 1.06. The second-order valence-electron chi connectivity index (χ2n) is 1.67. The van der Waals surface area contributed by atoms with Crippen LogP contribution in [-0.2, 0) is 19.5 Å². The fraction of sp³-hybridized carbons (Fsp3) is 0.143. The van der Waals surface area contributed by atoms with Gasteiger partial charge in [-0.05, 0) is 5.02 Å². The first kappa shape index (κ1) is 14.7. The molecule has 0 saturated carbocycles. The van der Waals surface area contributed by atoms with Gasteiger partial charge in [-0.2, -0.15) is 6.07 Å². The number of hydrogen-bond donors (Lipinski definition) is 0. The first-order valence-corrected chi connectivity index (χ1v) is 3.03. The van der Waals surface area contributed by atoms with E-state index >= 15 is 0 Å². The van der Waals surface area contributed by atoms with Crippen molar-refractivity contribution < 1.29 is 41.0 Å². The molecule has 0 aromatic heterocycles. The van der Waals surface area contributed by atoms with Gasteiger partial charge in [-0.1, -0.05) is 0 Å². The van der Waals surface area contributed by atoms with Crippen LogP contribution >= 0.6 is 11.6 Å². The van der Waals surface area contributed by atoms with Gasteiger partial charge in [-0.15, -0.1) is 23.7 Å². The zero-order valence-corrected chi connectivity index (χ0v) is 10.9. The summed E-state index contributed by atoms with van der Waals surface area (Å²) in [5.41, 5.74) is 0. The van der Waals surface area contributed by atoms with Gasteiger partial charge in [-0.3, -0.25) is 0 Å². The molecule has 1 nitrogen and oxygen atoms in total. The van der Waals surface area contributed by atoms with E-state index in [4.69, 9.17) is 11.6 Å². The normalized spacial score (nSPS) is 7.92. The largest absolute Gasteiger partial charge is 2.00 e. The molecule has 12 heavy (non-hydrogen) atoms. The number of methoxy groups -OCH3 is 1. The number of ether oxygens (including phenoxy) is 1. The second-order valence-corrected chi connectivity index (χ2v) is 2.08. The number of hydrogen-bond acceptors (Lipinski definition) is 1. The molecule has 0 unspecified atom stereocenters. The van der Waals surface area contributed by atoms with Gasteiger partial charge >= 0.3 is 19.5 Å².